The minimum atomic E-state index is -1.14. The van der Waals surface area contributed by atoms with Crippen LogP contribution in [0.1, 0.15) is 31.7 Å². The molecule has 0 heterocycles. The van der Waals surface area contributed by atoms with Crippen LogP contribution >= 0.6 is 0 Å². The summed E-state index contributed by atoms with van der Waals surface area (Å²) in [5.74, 6) is -2.96. The van der Waals surface area contributed by atoms with E-state index in [1.54, 1.807) is 24.3 Å². The van der Waals surface area contributed by atoms with Gasteiger partial charge in [-0.25, -0.2) is 4.79 Å². The number of anilines is 1. The molecule has 0 bridgehead atoms. The van der Waals surface area contributed by atoms with Gasteiger partial charge in [0.05, 0.1) is 0 Å². The normalized spacial score (nSPS) is 11.5. The van der Waals surface area contributed by atoms with Crippen molar-refractivity contribution in [2.24, 2.45) is 0 Å². The van der Waals surface area contributed by atoms with Crippen LogP contribution in [0.2, 0.25) is 0 Å². The Morgan fingerprint density at radius 1 is 1.14 bits per heavy atom. The molecule has 0 fully saturated rings. The molecule has 6 heteroatoms. The van der Waals surface area contributed by atoms with Gasteiger partial charge in [-0.1, -0.05) is 37.5 Å². The predicted molar refractivity (Wildman–Crippen MR) is 78.9 cm³/mol. The van der Waals surface area contributed by atoms with Crippen molar-refractivity contribution in [1.82, 2.24) is 5.32 Å². The van der Waals surface area contributed by atoms with Gasteiger partial charge in [0.15, 0.2) is 0 Å². The maximum Gasteiger partial charge on any atom is 0.326 e. The van der Waals surface area contributed by atoms with E-state index < -0.39 is 23.8 Å². The average molecular weight is 292 g/mol. The topological polar surface area (TPSA) is 95.5 Å². The van der Waals surface area contributed by atoms with Gasteiger partial charge >= 0.3 is 17.8 Å². The lowest BCUT2D eigenvalue weighted by Crippen LogP contribution is -2.45. The van der Waals surface area contributed by atoms with Gasteiger partial charge in [-0.3, -0.25) is 9.59 Å². The molecule has 0 unspecified atom stereocenters. The zero-order chi connectivity index (χ0) is 15.8. The van der Waals surface area contributed by atoms with Gasteiger partial charge < -0.3 is 15.7 Å². The molecule has 0 aliphatic rings. The lowest BCUT2D eigenvalue weighted by Gasteiger charge is -2.13. The van der Waals surface area contributed by atoms with E-state index in [-0.39, 0.29) is 0 Å². The summed E-state index contributed by atoms with van der Waals surface area (Å²) in [5.41, 5.74) is 1.52. The first-order valence-corrected chi connectivity index (χ1v) is 6.85. The summed E-state index contributed by atoms with van der Waals surface area (Å²) in [6.45, 7) is 3.83. The Balaban J connectivity index is 2.58. The number of carbonyl (C=O) groups is 3. The van der Waals surface area contributed by atoms with Crippen LogP contribution in [0, 0.1) is 6.92 Å². The van der Waals surface area contributed by atoms with Crippen LogP contribution in [0.25, 0.3) is 0 Å². The SMILES string of the molecule is CCCC[C@H](NC(=O)C(=O)Nc1ccc(C)cc1)C(=O)O. The quantitative estimate of drug-likeness (QED) is 0.695. The molecule has 114 valence electrons. The minimum Gasteiger partial charge on any atom is -0.480 e. The van der Waals surface area contributed by atoms with Crippen molar-refractivity contribution in [1.29, 1.82) is 0 Å². The lowest BCUT2D eigenvalue weighted by atomic mass is 10.1. The molecule has 21 heavy (non-hydrogen) atoms. The van der Waals surface area contributed by atoms with Crippen molar-refractivity contribution in [2.45, 2.75) is 39.2 Å². The van der Waals surface area contributed by atoms with E-state index in [1.807, 2.05) is 13.8 Å². The number of carboxylic acids is 1. The third-order valence-corrected chi connectivity index (χ3v) is 2.97. The fourth-order valence-electron chi connectivity index (χ4n) is 1.71. The molecular weight excluding hydrogens is 272 g/mol. The molecule has 1 aromatic carbocycles. The van der Waals surface area contributed by atoms with Gasteiger partial charge in [0, 0.05) is 5.69 Å². The van der Waals surface area contributed by atoms with Gasteiger partial charge in [0.25, 0.3) is 0 Å². The van der Waals surface area contributed by atoms with Gasteiger partial charge in [-0.2, -0.15) is 0 Å². The van der Waals surface area contributed by atoms with Crippen LogP contribution in [0.4, 0.5) is 5.69 Å². The number of carboxylic acid groups (broad SMARTS) is 1. The average Bonchev–Trinajstić information content (AvgIpc) is 2.45. The predicted octanol–water partition coefficient (Wildman–Crippen LogP) is 1.69. The van der Waals surface area contributed by atoms with Crippen LogP contribution in [0.15, 0.2) is 24.3 Å². The number of benzene rings is 1. The maximum atomic E-state index is 11.7. The minimum absolute atomic E-state index is 0.301. The number of carbonyl (C=O) groups excluding carboxylic acids is 2. The first-order valence-electron chi connectivity index (χ1n) is 6.85. The van der Waals surface area contributed by atoms with Gasteiger partial charge in [0.1, 0.15) is 6.04 Å². The number of aliphatic carboxylic acids is 1. The molecule has 0 saturated heterocycles. The van der Waals surface area contributed by atoms with E-state index in [0.717, 1.165) is 12.0 Å². The third-order valence-electron chi connectivity index (χ3n) is 2.97. The standard InChI is InChI=1S/C15H20N2O4/c1-3-4-5-12(15(20)21)17-14(19)13(18)16-11-8-6-10(2)7-9-11/h6-9,12H,3-5H2,1-2H3,(H,16,18)(H,17,19)(H,20,21)/t12-/m0/s1. The summed E-state index contributed by atoms with van der Waals surface area (Å²) in [6, 6.07) is 5.91. The molecule has 0 saturated carbocycles. The first kappa shape index (κ1) is 16.7. The Labute approximate surface area is 123 Å². The number of unbranched alkanes of at least 4 members (excludes halogenated alkanes) is 1. The Kier molecular flexibility index (Phi) is 6.39. The van der Waals surface area contributed by atoms with Gasteiger partial charge in [-0.15, -0.1) is 0 Å². The summed E-state index contributed by atoms with van der Waals surface area (Å²) >= 11 is 0. The summed E-state index contributed by atoms with van der Waals surface area (Å²) < 4.78 is 0. The largest absolute Gasteiger partial charge is 0.480 e. The van der Waals surface area contributed by atoms with E-state index >= 15 is 0 Å². The number of hydrogen-bond acceptors (Lipinski definition) is 3. The van der Waals surface area contributed by atoms with Crippen LogP contribution in [0.5, 0.6) is 0 Å². The van der Waals surface area contributed by atoms with Crippen molar-refractivity contribution in [3.05, 3.63) is 29.8 Å². The molecule has 0 aliphatic heterocycles. The van der Waals surface area contributed by atoms with Crippen molar-refractivity contribution in [2.75, 3.05) is 5.32 Å². The molecule has 0 aromatic heterocycles. The summed E-state index contributed by atoms with van der Waals surface area (Å²) in [6.07, 6.45) is 1.78. The summed E-state index contributed by atoms with van der Waals surface area (Å²) in [7, 11) is 0. The molecule has 0 spiro atoms. The Morgan fingerprint density at radius 3 is 2.29 bits per heavy atom. The second-order valence-electron chi connectivity index (χ2n) is 4.83. The summed E-state index contributed by atoms with van der Waals surface area (Å²) in [4.78, 5) is 34.4. The summed E-state index contributed by atoms with van der Waals surface area (Å²) in [5, 5.41) is 13.7. The van der Waals surface area contributed by atoms with E-state index in [2.05, 4.69) is 10.6 Å². The number of hydrogen-bond donors (Lipinski definition) is 3. The van der Waals surface area contributed by atoms with Gasteiger partial charge in [-0.05, 0) is 25.5 Å². The highest BCUT2D eigenvalue weighted by Crippen LogP contribution is 2.08. The fourth-order valence-corrected chi connectivity index (χ4v) is 1.71. The monoisotopic (exact) mass is 292 g/mol. The molecule has 1 aromatic rings. The third kappa shape index (κ3) is 5.64. The molecule has 1 atom stereocenters. The molecule has 2 amide bonds. The van der Waals surface area contributed by atoms with E-state index in [4.69, 9.17) is 5.11 Å². The zero-order valence-electron chi connectivity index (χ0n) is 12.2. The molecule has 0 aliphatic carbocycles. The molecule has 1 rings (SSSR count). The Bertz CT molecular complexity index is 511. The number of nitrogens with one attached hydrogen (secondary N) is 2. The smallest absolute Gasteiger partial charge is 0.326 e. The Morgan fingerprint density at radius 2 is 1.76 bits per heavy atom. The molecular formula is C15H20N2O4. The second kappa shape index (κ2) is 8.04. The van der Waals surface area contributed by atoms with Crippen LogP contribution in [-0.4, -0.2) is 28.9 Å². The van der Waals surface area contributed by atoms with Gasteiger partial charge in [0.2, 0.25) is 0 Å². The van der Waals surface area contributed by atoms with Crippen molar-refractivity contribution in [3.63, 3.8) is 0 Å². The van der Waals surface area contributed by atoms with E-state index in [9.17, 15) is 14.4 Å². The maximum absolute atomic E-state index is 11.7. The van der Waals surface area contributed by atoms with E-state index in [1.165, 1.54) is 0 Å². The van der Waals surface area contributed by atoms with Crippen LogP contribution in [0.3, 0.4) is 0 Å². The zero-order valence-corrected chi connectivity index (χ0v) is 12.2. The molecule has 0 radical (unpaired) electrons. The molecule has 6 nitrogen and oxygen atoms in total. The number of amides is 2. The van der Waals surface area contributed by atoms with Crippen molar-refractivity contribution < 1.29 is 19.5 Å². The second-order valence-corrected chi connectivity index (χ2v) is 4.83. The Hall–Kier alpha value is -2.37. The molecule has 3 N–H and O–H groups in total. The number of aryl methyl sites for hydroxylation is 1. The fraction of sp³-hybridized carbons (Fsp3) is 0.400. The highest BCUT2D eigenvalue weighted by Gasteiger charge is 2.23. The number of rotatable bonds is 6. The van der Waals surface area contributed by atoms with Crippen LogP contribution < -0.4 is 10.6 Å². The van der Waals surface area contributed by atoms with E-state index in [0.29, 0.717) is 18.5 Å². The van der Waals surface area contributed by atoms with Crippen LogP contribution in [-0.2, 0) is 14.4 Å². The lowest BCUT2D eigenvalue weighted by molar-refractivity contribution is -0.143. The van der Waals surface area contributed by atoms with Crippen molar-refractivity contribution >= 4 is 23.5 Å². The highest BCUT2D eigenvalue weighted by molar-refractivity contribution is 6.40. The highest BCUT2D eigenvalue weighted by atomic mass is 16.4. The van der Waals surface area contributed by atoms with Crippen molar-refractivity contribution in [3.8, 4) is 0 Å². The first-order chi connectivity index (χ1) is 9.93.